The van der Waals surface area contributed by atoms with Crippen LogP contribution in [0.3, 0.4) is 0 Å². The fourth-order valence-corrected chi connectivity index (χ4v) is 4.64. The molecular formula is C15H26N2O3S. The molecule has 0 fully saturated rings. The van der Waals surface area contributed by atoms with Gasteiger partial charge >= 0.3 is 0 Å². The first-order valence-electron chi connectivity index (χ1n) is 7.28. The minimum atomic E-state index is -3.67. The number of aliphatic hydroxyl groups excluding tert-OH is 1. The molecule has 0 spiro atoms. The predicted molar refractivity (Wildman–Crippen MR) is 85.7 cm³/mol. The molecule has 0 unspecified atom stereocenters. The van der Waals surface area contributed by atoms with Gasteiger partial charge in [0.05, 0.1) is 11.5 Å². The fraction of sp³-hybridized carbons (Fsp3) is 0.600. The van der Waals surface area contributed by atoms with Crippen molar-refractivity contribution in [3.63, 3.8) is 0 Å². The largest absolute Gasteiger partial charge is 0.399 e. The lowest BCUT2D eigenvalue weighted by atomic mass is 10.1. The fourth-order valence-electron chi connectivity index (χ4n) is 2.54. The number of benzene rings is 1. The molecule has 5 nitrogen and oxygen atoms in total. The lowest BCUT2D eigenvalue weighted by Gasteiger charge is -2.30. The van der Waals surface area contributed by atoms with Crippen molar-refractivity contribution in [2.24, 2.45) is 0 Å². The van der Waals surface area contributed by atoms with E-state index in [-0.39, 0.29) is 24.1 Å². The molecule has 1 aromatic rings. The topological polar surface area (TPSA) is 83.6 Å². The molecule has 0 aliphatic rings. The van der Waals surface area contributed by atoms with Crippen molar-refractivity contribution in [1.82, 2.24) is 4.31 Å². The van der Waals surface area contributed by atoms with Gasteiger partial charge in [0.15, 0.2) is 0 Å². The van der Waals surface area contributed by atoms with E-state index in [1.54, 1.807) is 13.0 Å². The zero-order chi connectivity index (χ0) is 16.2. The first-order valence-corrected chi connectivity index (χ1v) is 8.72. The molecule has 0 saturated heterocycles. The molecule has 0 amide bonds. The lowest BCUT2D eigenvalue weighted by Crippen LogP contribution is -2.41. The Balaban J connectivity index is 3.42. The minimum absolute atomic E-state index is 0.0992. The van der Waals surface area contributed by atoms with Crippen LogP contribution in [-0.2, 0) is 10.0 Å². The number of nitrogens with two attached hydrogens (primary N) is 1. The second-order valence-corrected chi connectivity index (χ2v) is 7.13. The maximum atomic E-state index is 13.0. The highest BCUT2D eigenvalue weighted by atomic mass is 32.2. The molecule has 0 radical (unpaired) electrons. The van der Waals surface area contributed by atoms with Gasteiger partial charge in [-0.3, -0.25) is 0 Å². The van der Waals surface area contributed by atoms with Gasteiger partial charge in [-0.1, -0.05) is 13.8 Å². The molecule has 0 bridgehead atoms. The van der Waals surface area contributed by atoms with Crippen molar-refractivity contribution in [2.45, 2.75) is 51.5 Å². The molecule has 21 heavy (non-hydrogen) atoms. The van der Waals surface area contributed by atoms with Gasteiger partial charge in [0, 0.05) is 18.3 Å². The smallest absolute Gasteiger partial charge is 0.243 e. The predicted octanol–water partition coefficient (Wildman–Crippen LogP) is 2.06. The van der Waals surface area contributed by atoms with E-state index in [0.29, 0.717) is 24.1 Å². The van der Waals surface area contributed by atoms with E-state index in [1.807, 2.05) is 20.8 Å². The summed E-state index contributed by atoms with van der Waals surface area (Å²) in [5, 5.41) is 9.23. The first kappa shape index (κ1) is 17.9. The Kier molecular flexibility index (Phi) is 6.19. The molecule has 0 aromatic heterocycles. The number of anilines is 1. The molecule has 6 heteroatoms. The molecule has 1 rings (SSSR count). The Morgan fingerprint density at radius 2 is 1.81 bits per heavy atom. The van der Waals surface area contributed by atoms with Crippen molar-refractivity contribution in [2.75, 3.05) is 18.9 Å². The minimum Gasteiger partial charge on any atom is -0.399 e. The van der Waals surface area contributed by atoms with Crippen molar-refractivity contribution in [3.8, 4) is 0 Å². The molecule has 3 N–H and O–H groups in total. The summed E-state index contributed by atoms with van der Waals surface area (Å²) >= 11 is 0. The third-order valence-corrected chi connectivity index (χ3v) is 5.98. The van der Waals surface area contributed by atoms with Crippen LogP contribution in [0.1, 0.15) is 37.8 Å². The molecule has 1 aromatic carbocycles. The highest BCUT2D eigenvalue weighted by Crippen LogP contribution is 2.27. The van der Waals surface area contributed by atoms with E-state index < -0.39 is 10.0 Å². The van der Waals surface area contributed by atoms with Gasteiger partial charge in [-0.15, -0.1) is 0 Å². The Bertz CT molecular complexity index is 581. The van der Waals surface area contributed by atoms with Crippen molar-refractivity contribution >= 4 is 15.7 Å². The summed E-state index contributed by atoms with van der Waals surface area (Å²) in [6, 6.07) is 3.15. The quantitative estimate of drug-likeness (QED) is 0.755. The highest BCUT2D eigenvalue weighted by Gasteiger charge is 2.31. The van der Waals surface area contributed by atoms with E-state index >= 15 is 0 Å². The third-order valence-electron chi connectivity index (χ3n) is 3.90. The van der Waals surface area contributed by atoms with E-state index in [1.165, 1.54) is 10.4 Å². The van der Waals surface area contributed by atoms with Gasteiger partial charge in [0.25, 0.3) is 0 Å². The summed E-state index contributed by atoms with van der Waals surface area (Å²) in [6.45, 7) is 7.43. The van der Waals surface area contributed by atoms with Gasteiger partial charge in [-0.2, -0.15) is 4.31 Å². The van der Waals surface area contributed by atoms with Crippen molar-refractivity contribution < 1.29 is 13.5 Å². The summed E-state index contributed by atoms with van der Waals surface area (Å²) in [7, 11) is -3.67. The SMILES string of the molecule is CCC(CC)N(CCO)S(=O)(=O)c1cc(N)cc(C)c1C. The van der Waals surface area contributed by atoms with E-state index in [9.17, 15) is 13.5 Å². The van der Waals surface area contributed by atoms with Crippen molar-refractivity contribution in [1.29, 1.82) is 0 Å². The van der Waals surface area contributed by atoms with E-state index in [0.717, 1.165) is 5.56 Å². The number of hydrogen-bond donors (Lipinski definition) is 2. The van der Waals surface area contributed by atoms with Crippen LogP contribution in [0.5, 0.6) is 0 Å². The number of aryl methyl sites for hydroxylation is 1. The zero-order valence-corrected chi connectivity index (χ0v) is 14.1. The standard InChI is InChI=1S/C15H26N2O3S/c1-5-14(6-2)17(7-8-18)21(19,20)15-10-13(16)9-11(3)12(15)4/h9-10,14,18H,5-8,16H2,1-4H3. The second-order valence-electron chi connectivity index (χ2n) is 5.27. The van der Waals surface area contributed by atoms with Crippen LogP contribution in [0.2, 0.25) is 0 Å². The number of hydrogen-bond acceptors (Lipinski definition) is 4. The Hall–Kier alpha value is -1.11. The van der Waals surface area contributed by atoms with Crippen LogP contribution in [0, 0.1) is 13.8 Å². The average Bonchev–Trinajstić information content (AvgIpc) is 2.42. The summed E-state index contributed by atoms with van der Waals surface area (Å²) in [4.78, 5) is 0.236. The first-order chi connectivity index (χ1) is 9.79. The number of nitrogen functional groups attached to an aromatic ring is 1. The van der Waals surface area contributed by atoms with Gasteiger partial charge in [-0.25, -0.2) is 8.42 Å². The Morgan fingerprint density at radius 1 is 1.24 bits per heavy atom. The van der Waals surface area contributed by atoms with Crippen LogP contribution in [0.25, 0.3) is 0 Å². The van der Waals surface area contributed by atoms with Gasteiger partial charge in [-0.05, 0) is 49.9 Å². The summed E-state index contributed by atoms with van der Waals surface area (Å²) in [5.41, 5.74) is 7.80. The van der Waals surface area contributed by atoms with Crippen LogP contribution in [0.4, 0.5) is 5.69 Å². The van der Waals surface area contributed by atoms with Crippen LogP contribution >= 0.6 is 0 Å². The van der Waals surface area contributed by atoms with Crippen LogP contribution in [0.15, 0.2) is 17.0 Å². The monoisotopic (exact) mass is 314 g/mol. The van der Waals surface area contributed by atoms with Crippen LogP contribution < -0.4 is 5.73 Å². The molecule has 0 aliphatic carbocycles. The highest BCUT2D eigenvalue weighted by molar-refractivity contribution is 7.89. The molecule has 0 aliphatic heterocycles. The van der Waals surface area contributed by atoms with E-state index in [2.05, 4.69) is 0 Å². The van der Waals surface area contributed by atoms with Gasteiger partial charge in [0.2, 0.25) is 10.0 Å². The molecule has 0 saturated carbocycles. The maximum absolute atomic E-state index is 13.0. The molecule has 0 atom stereocenters. The normalized spacial score (nSPS) is 12.3. The number of aliphatic hydroxyl groups is 1. The van der Waals surface area contributed by atoms with Gasteiger partial charge in [0.1, 0.15) is 0 Å². The van der Waals surface area contributed by atoms with Gasteiger partial charge < -0.3 is 10.8 Å². The van der Waals surface area contributed by atoms with Crippen LogP contribution in [-0.4, -0.2) is 37.0 Å². The molecule has 120 valence electrons. The molecular weight excluding hydrogens is 288 g/mol. The Morgan fingerprint density at radius 3 is 2.29 bits per heavy atom. The third kappa shape index (κ3) is 3.75. The zero-order valence-electron chi connectivity index (χ0n) is 13.3. The lowest BCUT2D eigenvalue weighted by molar-refractivity contribution is 0.219. The molecule has 0 heterocycles. The Labute approximate surface area is 127 Å². The van der Waals surface area contributed by atoms with Crippen molar-refractivity contribution in [3.05, 3.63) is 23.3 Å². The maximum Gasteiger partial charge on any atom is 0.243 e. The summed E-state index contributed by atoms with van der Waals surface area (Å²) < 4.78 is 27.3. The summed E-state index contributed by atoms with van der Waals surface area (Å²) in [5.74, 6) is 0. The average molecular weight is 314 g/mol. The number of sulfonamides is 1. The number of rotatable bonds is 7. The summed E-state index contributed by atoms with van der Waals surface area (Å²) in [6.07, 6.45) is 1.41. The van der Waals surface area contributed by atoms with E-state index in [4.69, 9.17) is 5.73 Å². The second kappa shape index (κ2) is 7.24. The number of nitrogens with zero attached hydrogens (tertiary/aromatic N) is 1.